The standard InChI is InChI=1S/C29H32N6O5S/c1-29(2,3)40-28(37)34-17-15-33(16-18-34)26(36)20-5-7-22(8-6-20)31-27-30-19-21-13-14-35(25(21)32-27)23-9-11-24(12-10-23)41(4,38)39/h5-14,19H,15-18H2,1-4H3,(H,30,31,32). The van der Waals surface area contributed by atoms with Gasteiger partial charge in [-0.15, -0.1) is 0 Å². The van der Waals surface area contributed by atoms with Crippen molar-refractivity contribution in [2.24, 2.45) is 0 Å². The van der Waals surface area contributed by atoms with E-state index in [9.17, 15) is 18.0 Å². The van der Waals surface area contributed by atoms with Gasteiger partial charge in [0.25, 0.3) is 5.91 Å². The number of benzene rings is 2. The Hall–Kier alpha value is -4.45. The minimum atomic E-state index is -3.29. The van der Waals surface area contributed by atoms with Gasteiger partial charge < -0.3 is 24.4 Å². The average Bonchev–Trinajstić information content (AvgIpc) is 3.35. The normalized spacial score (nSPS) is 14.2. The Labute approximate surface area is 238 Å². The van der Waals surface area contributed by atoms with Gasteiger partial charge in [-0.05, 0) is 75.4 Å². The molecule has 0 radical (unpaired) electrons. The van der Waals surface area contributed by atoms with Crippen LogP contribution in [-0.4, -0.2) is 82.8 Å². The fourth-order valence-electron chi connectivity index (χ4n) is 4.47. The minimum absolute atomic E-state index is 0.0993. The van der Waals surface area contributed by atoms with Crippen molar-refractivity contribution in [3.05, 3.63) is 72.6 Å². The summed E-state index contributed by atoms with van der Waals surface area (Å²) in [5, 5.41) is 4.01. The first-order valence-electron chi connectivity index (χ1n) is 13.2. The number of rotatable bonds is 5. The second kappa shape index (κ2) is 10.8. The molecule has 1 aliphatic heterocycles. The number of sulfone groups is 1. The van der Waals surface area contributed by atoms with Gasteiger partial charge in [-0.3, -0.25) is 4.79 Å². The summed E-state index contributed by atoms with van der Waals surface area (Å²) in [4.78, 5) is 38.0. The van der Waals surface area contributed by atoms with Crippen molar-refractivity contribution in [3.8, 4) is 5.69 Å². The van der Waals surface area contributed by atoms with E-state index in [0.29, 0.717) is 49.0 Å². The molecular formula is C29H32N6O5S. The molecule has 2 aromatic carbocycles. The van der Waals surface area contributed by atoms with Gasteiger partial charge in [0.2, 0.25) is 5.95 Å². The van der Waals surface area contributed by atoms with Crippen LogP contribution in [-0.2, 0) is 14.6 Å². The molecule has 0 unspecified atom stereocenters. The second-order valence-corrected chi connectivity index (χ2v) is 12.9. The van der Waals surface area contributed by atoms with Crippen LogP contribution in [0.1, 0.15) is 31.1 Å². The third-order valence-electron chi connectivity index (χ3n) is 6.58. The Morgan fingerprint density at radius 2 is 1.54 bits per heavy atom. The van der Waals surface area contributed by atoms with Gasteiger partial charge in [0.15, 0.2) is 9.84 Å². The monoisotopic (exact) mass is 576 g/mol. The number of carbonyl (C=O) groups is 2. The van der Waals surface area contributed by atoms with Crippen LogP contribution in [0.25, 0.3) is 16.7 Å². The number of piperazine rings is 1. The Morgan fingerprint density at radius 3 is 2.15 bits per heavy atom. The molecule has 11 nitrogen and oxygen atoms in total. The highest BCUT2D eigenvalue weighted by Gasteiger charge is 2.28. The van der Waals surface area contributed by atoms with E-state index in [-0.39, 0.29) is 16.9 Å². The van der Waals surface area contributed by atoms with Crippen LogP contribution in [0.5, 0.6) is 0 Å². The summed E-state index contributed by atoms with van der Waals surface area (Å²) in [5.74, 6) is 0.278. The number of aromatic nitrogens is 3. The van der Waals surface area contributed by atoms with Gasteiger partial charge in [0, 0.05) is 67.2 Å². The second-order valence-electron chi connectivity index (χ2n) is 10.9. The lowest BCUT2D eigenvalue weighted by atomic mass is 10.1. The van der Waals surface area contributed by atoms with E-state index in [1.54, 1.807) is 64.5 Å². The number of carbonyl (C=O) groups excluding carboxylic acids is 2. The summed E-state index contributed by atoms with van der Waals surface area (Å²) < 4.78 is 30.9. The topological polar surface area (TPSA) is 127 Å². The zero-order valence-corrected chi connectivity index (χ0v) is 24.2. The van der Waals surface area contributed by atoms with E-state index >= 15 is 0 Å². The van der Waals surface area contributed by atoms with Crippen molar-refractivity contribution in [1.29, 1.82) is 0 Å². The van der Waals surface area contributed by atoms with Crippen molar-refractivity contribution in [3.63, 3.8) is 0 Å². The molecule has 214 valence electrons. The highest BCUT2D eigenvalue weighted by Crippen LogP contribution is 2.23. The zero-order valence-electron chi connectivity index (χ0n) is 23.4. The van der Waals surface area contributed by atoms with Crippen LogP contribution in [0.3, 0.4) is 0 Å². The maximum atomic E-state index is 13.0. The molecule has 5 rings (SSSR count). The van der Waals surface area contributed by atoms with Crippen molar-refractivity contribution in [1.82, 2.24) is 24.3 Å². The van der Waals surface area contributed by atoms with Crippen LogP contribution in [0.4, 0.5) is 16.4 Å². The van der Waals surface area contributed by atoms with E-state index in [0.717, 1.165) is 11.1 Å². The molecule has 4 aromatic rings. The summed E-state index contributed by atoms with van der Waals surface area (Å²) in [6.07, 6.45) is 4.38. The van der Waals surface area contributed by atoms with E-state index in [4.69, 9.17) is 4.74 Å². The summed E-state index contributed by atoms with van der Waals surface area (Å²) >= 11 is 0. The van der Waals surface area contributed by atoms with Crippen LogP contribution in [0.2, 0.25) is 0 Å². The van der Waals surface area contributed by atoms with E-state index < -0.39 is 15.4 Å². The maximum absolute atomic E-state index is 13.0. The number of hydrogen-bond donors (Lipinski definition) is 1. The van der Waals surface area contributed by atoms with E-state index in [1.165, 1.54) is 6.26 Å². The SMILES string of the molecule is CC(C)(C)OC(=O)N1CCN(C(=O)c2ccc(Nc3ncc4ccn(-c5ccc(S(C)(=O)=O)cc5)c4n3)cc2)CC1. The Balaban J connectivity index is 1.24. The first kappa shape index (κ1) is 28.1. The third-order valence-corrected chi connectivity index (χ3v) is 7.71. The van der Waals surface area contributed by atoms with Gasteiger partial charge in [0.05, 0.1) is 4.90 Å². The summed E-state index contributed by atoms with van der Waals surface area (Å²) in [5.41, 5.74) is 2.13. The average molecular weight is 577 g/mol. The largest absolute Gasteiger partial charge is 0.444 e. The molecule has 12 heteroatoms. The lowest BCUT2D eigenvalue weighted by molar-refractivity contribution is 0.0141. The van der Waals surface area contributed by atoms with E-state index in [1.807, 2.05) is 37.6 Å². The molecule has 1 N–H and O–H groups in total. The molecule has 41 heavy (non-hydrogen) atoms. The molecule has 3 heterocycles. The van der Waals surface area contributed by atoms with Gasteiger partial charge >= 0.3 is 6.09 Å². The summed E-state index contributed by atoms with van der Waals surface area (Å²) in [6, 6.07) is 15.6. The zero-order chi connectivity index (χ0) is 29.4. The quantitative estimate of drug-likeness (QED) is 0.374. The number of amides is 2. The number of nitrogens with one attached hydrogen (secondary N) is 1. The van der Waals surface area contributed by atoms with Gasteiger partial charge in [0.1, 0.15) is 11.2 Å². The number of ether oxygens (including phenoxy) is 1. The Bertz CT molecular complexity index is 1680. The lowest BCUT2D eigenvalue weighted by Crippen LogP contribution is -2.51. The Morgan fingerprint density at radius 1 is 0.902 bits per heavy atom. The van der Waals surface area contributed by atoms with Gasteiger partial charge in [-0.25, -0.2) is 18.2 Å². The number of hydrogen-bond acceptors (Lipinski definition) is 8. The maximum Gasteiger partial charge on any atom is 0.410 e. The molecule has 0 bridgehead atoms. The highest BCUT2D eigenvalue weighted by molar-refractivity contribution is 7.90. The fraction of sp³-hybridized carbons (Fsp3) is 0.310. The lowest BCUT2D eigenvalue weighted by Gasteiger charge is -2.35. The number of nitrogens with zero attached hydrogens (tertiary/aromatic N) is 5. The number of fused-ring (bicyclic) bond motifs is 1. The summed E-state index contributed by atoms with van der Waals surface area (Å²) in [7, 11) is -3.29. The molecule has 1 aliphatic rings. The fourth-order valence-corrected chi connectivity index (χ4v) is 5.10. The first-order valence-corrected chi connectivity index (χ1v) is 15.1. The van der Waals surface area contributed by atoms with E-state index in [2.05, 4.69) is 15.3 Å². The molecule has 2 aromatic heterocycles. The van der Waals surface area contributed by atoms with Gasteiger partial charge in [-0.1, -0.05) is 0 Å². The molecular weight excluding hydrogens is 544 g/mol. The third kappa shape index (κ3) is 6.49. The first-order chi connectivity index (χ1) is 19.4. The minimum Gasteiger partial charge on any atom is -0.444 e. The van der Waals surface area contributed by atoms with Crippen LogP contribution in [0, 0.1) is 0 Å². The molecule has 0 spiro atoms. The van der Waals surface area contributed by atoms with Crippen molar-refractivity contribution in [2.45, 2.75) is 31.3 Å². The van der Waals surface area contributed by atoms with Crippen molar-refractivity contribution in [2.75, 3.05) is 37.8 Å². The molecule has 0 atom stereocenters. The van der Waals surface area contributed by atoms with Gasteiger partial charge in [-0.2, -0.15) is 4.98 Å². The highest BCUT2D eigenvalue weighted by atomic mass is 32.2. The smallest absolute Gasteiger partial charge is 0.410 e. The molecule has 1 saturated heterocycles. The Kier molecular flexibility index (Phi) is 7.43. The van der Waals surface area contributed by atoms with Crippen LogP contribution in [0.15, 0.2) is 71.9 Å². The van der Waals surface area contributed by atoms with Crippen molar-refractivity contribution >= 4 is 44.5 Å². The predicted octanol–water partition coefficient (Wildman–Crippen LogP) is 4.26. The molecule has 1 fully saturated rings. The van der Waals surface area contributed by atoms with Crippen molar-refractivity contribution < 1.29 is 22.7 Å². The molecule has 0 saturated carbocycles. The molecule has 2 amide bonds. The van der Waals surface area contributed by atoms with Crippen LogP contribution < -0.4 is 5.32 Å². The number of anilines is 2. The van der Waals surface area contributed by atoms with Crippen LogP contribution >= 0.6 is 0 Å². The predicted molar refractivity (Wildman–Crippen MR) is 155 cm³/mol. The molecule has 0 aliphatic carbocycles. The summed E-state index contributed by atoms with van der Waals surface area (Å²) in [6.45, 7) is 7.19.